The summed E-state index contributed by atoms with van der Waals surface area (Å²) in [6, 6.07) is 12.9. The number of amides is 1. The Morgan fingerprint density at radius 3 is 2.50 bits per heavy atom. The Bertz CT molecular complexity index is 975. The molecule has 0 unspecified atom stereocenters. The molecular formula is C20H21N3O3. The fourth-order valence-corrected chi connectivity index (χ4v) is 2.85. The number of carbonyl (C=O) groups is 1. The minimum atomic E-state index is -0.315. The van der Waals surface area contributed by atoms with Gasteiger partial charge in [-0.1, -0.05) is 36.4 Å². The van der Waals surface area contributed by atoms with Crippen molar-refractivity contribution in [1.29, 1.82) is 0 Å². The van der Waals surface area contributed by atoms with Gasteiger partial charge in [0.25, 0.3) is 11.5 Å². The number of para-hydroxylation sites is 1. The molecule has 2 N–H and O–H groups in total. The number of nitrogens with zero attached hydrogens (tertiary/aromatic N) is 1. The number of nitrogens with one attached hydrogen (secondary N) is 2. The largest absolute Gasteiger partial charge is 0.493 e. The van der Waals surface area contributed by atoms with E-state index in [1.165, 1.54) is 0 Å². The summed E-state index contributed by atoms with van der Waals surface area (Å²) in [7, 11) is 0. The lowest BCUT2D eigenvalue weighted by Gasteiger charge is -2.12. The molecule has 0 bridgehead atoms. The summed E-state index contributed by atoms with van der Waals surface area (Å²) in [5.41, 5.74) is 2.10. The van der Waals surface area contributed by atoms with Gasteiger partial charge in [0, 0.05) is 11.9 Å². The third kappa shape index (κ3) is 3.74. The minimum Gasteiger partial charge on any atom is -0.493 e. The number of aromatic nitrogens is 2. The second-order valence-corrected chi connectivity index (χ2v) is 6.13. The van der Waals surface area contributed by atoms with Crippen molar-refractivity contribution in [2.45, 2.75) is 20.3 Å². The molecule has 134 valence electrons. The van der Waals surface area contributed by atoms with Gasteiger partial charge in [-0.3, -0.25) is 9.59 Å². The number of hydrogen-bond donors (Lipinski definition) is 2. The van der Waals surface area contributed by atoms with E-state index in [2.05, 4.69) is 15.5 Å². The lowest BCUT2D eigenvalue weighted by Crippen LogP contribution is -2.28. The van der Waals surface area contributed by atoms with Crippen molar-refractivity contribution in [1.82, 2.24) is 15.5 Å². The Kier molecular flexibility index (Phi) is 5.31. The second kappa shape index (κ2) is 7.82. The highest BCUT2D eigenvalue weighted by atomic mass is 16.5. The number of H-pyrrole nitrogens is 1. The molecule has 6 heteroatoms. The van der Waals surface area contributed by atoms with Crippen LogP contribution in [0.5, 0.6) is 5.75 Å². The fraction of sp³-hybridized carbons (Fsp3) is 0.250. The molecule has 1 amide bonds. The van der Waals surface area contributed by atoms with Gasteiger partial charge in [-0.15, -0.1) is 0 Å². The van der Waals surface area contributed by atoms with E-state index in [4.69, 9.17) is 4.74 Å². The number of aryl methyl sites for hydroxylation is 2. The van der Waals surface area contributed by atoms with E-state index in [0.29, 0.717) is 30.3 Å². The molecule has 0 aliphatic heterocycles. The van der Waals surface area contributed by atoms with E-state index in [-0.39, 0.29) is 17.2 Å². The summed E-state index contributed by atoms with van der Waals surface area (Å²) in [5, 5.41) is 10.1. The molecule has 0 saturated heterocycles. The van der Waals surface area contributed by atoms with Crippen LogP contribution in [-0.2, 0) is 0 Å². The Hall–Kier alpha value is -3.15. The fourth-order valence-electron chi connectivity index (χ4n) is 2.85. The quantitative estimate of drug-likeness (QED) is 0.669. The molecular weight excluding hydrogens is 330 g/mol. The molecule has 3 rings (SSSR count). The van der Waals surface area contributed by atoms with Gasteiger partial charge in [0.15, 0.2) is 5.69 Å². The molecule has 0 aliphatic rings. The SMILES string of the molecule is Cc1cccc(C)c1OCCCNC(=O)c1n[nH]c(=O)c2ccccc12. The molecule has 26 heavy (non-hydrogen) atoms. The van der Waals surface area contributed by atoms with Gasteiger partial charge in [0.05, 0.1) is 12.0 Å². The van der Waals surface area contributed by atoms with Crippen molar-refractivity contribution in [2.75, 3.05) is 13.2 Å². The molecule has 3 aromatic rings. The smallest absolute Gasteiger partial charge is 0.272 e. The highest BCUT2D eigenvalue weighted by molar-refractivity contribution is 6.04. The standard InChI is InChI=1S/C20H21N3O3/c1-13-7-5-8-14(2)18(13)26-12-6-11-21-20(25)17-15-9-3-4-10-16(15)19(24)23-22-17/h3-5,7-10H,6,11-12H2,1-2H3,(H,21,25)(H,23,24). The number of aromatic amines is 1. The maximum absolute atomic E-state index is 12.4. The zero-order chi connectivity index (χ0) is 18.5. The number of benzene rings is 2. The first kappa shape index (κ1) is 17.7. The number of fused-ring (bicyclic) bond motifs is 1. The summed E-state index contributed by atoms with van der Waals surface area (Å²) < 4.78 is 5.83. The molecule has 0 aliphatic carbocycles. The first-order valence-electron chi connectivity index (χ1n) is 8.52. The molecule has 1 aromatic heterocycles. The van der Waals surface area contributed by atoms with Gasteiger partial charge in [0.1, 0.15) is 5.75 Å². The van der Waals surface area contributed by atoms with Crippen LogP contribution in [-0.4, -0.2) is 29.3 Å². The zero-order valence-electron chi connectivity index (χ0n) is 14.8. The Morgan fingerprint density at radius 1 is 1.08 bits per heavy atom. The Balaban J connectivity index is 1.57. The summed E-state index contributed by atoms with van der Waals surface area (Å²) in [6.45, 7) is 4.98. The number of ether oxygens (including phenoxy) is 1. The van der Waals surface area contributed by atoms with Crippen LogP contribution in [0, 0.1) is 13.8 Å². The van der Waals surface area contributed by atoms with Crippen molar-refractivity contribution < 1.29 is 9.53 Å². The predicted molar refractivity (Wildman–Crippen MR) is 101 cm³/mol. The van der Waals surface area contributed by atoms with Crippen LogP contribution in [0.15, 0.2) is 47.3 Å². The van der Waals surface area contributed by atoms with Crippen LogP contribution in [0.1, 0.15) is 28.0 Å². The first-order valence-corrected chi connectivity index (χ1v) is 8.52. The van der Waals surface area contributed by atoms with Crippen molar-refractivity contribution in [2.24, 2.45) is 0 Å². The van der Waals surface area contributed by atoms with Gasteiger partial charge >= 0.3 is 0 Å². The highest BCUT2D eigenvalue weighted by Gasteiger charge is 2.13. The Morgan fingerprint density at radius 2 is 1.77 bits per heavy atom. The van der Waals surface area contributed by atoms with Crippen molar-refractivity contribution >= 4 is 16.7 Å². The Labute approximate surface area is 151 Å². The normalized spacial score (nSPS) is 10.7. The predicted octanol–water partition coefficient (Wildman–Crippen LogP) is 2.74. The lowest BCUT2D eigenvalue weighted by atomic mass is 10.1. The van der Waals surface area contributed by atoms with E-state index in [1.54, 1.807) is 24.3 Å². The van der Waals surface area contributed by atoms with Crippen LogP contribution < -0.4 is 15.6 Å². The van der Waals surface area contributed by atoms with Crippen LogP contribution in [0.25, 0.3) is 10.8 Å². The molecule has 0 saturated carbocycles. The maximum Gasteiger partial charge on any atom is 0.272 e. The molecule has 2 aromatic carbocycles. The van der Waals surface area contributed by atoms with Gasteiger partial charge in [-0.25, -0.2) is 5.10 Å². The molecule has 6 nitrogen and oxygen atoms in total. The second-order valence-electron chi connectivity index (χ2n) is 6.13. The number of hydrogen-bond acceptors (Lipinski definition) is 4. The van der Waals surface area contributed by atoms with Crippen LogP contribution >= 0.6 is 0 Å². The average molecular weight is 351 g/mol. The van der Waals surface area contributed by atoms with E-state index >= 15 is 0 Å². The lowest BCUT2D eigenvalue weighted by molar-refractivity contribution is 0.0947. The summed E-state index contributed by atoms with van der Waals surface area (Å²) in [6.07, 6.45) is 0.667. The van der Waals surface area contributed by atoms with Crippen LogP contribution in [0.2, 0.25) is 0 Å². The molecule has 0 spiro atoms. The van der Waals surface area contributed by atoms with E-state index in [1.807, 2.05) is 32.0 Å². The third-order valence-corrected chi connectivity index (χ3v) is 4.17. The van der Waals surface area contributed by atoms with E-state index in [0.717, 1.165) is 16.9 Å². The maximum atomic E-state index is 12.4. The number of carbonyl (C=O) groups excluding carboxylic acids is 1. The molecule has 0 fully saturated rings. The summed E-state index contributed by atoms with van der Waals surface area (Å²) >= 11 is 0. The zero-order valence-corrected chi connectivity index (χ0v) is 14.8. The van der Waals surface area contributed by atoms with E-state index in [9.17, 15) is 9.59 Å². The summed E-state index contributed by atoms with van der Waals surface area (Å²) in [4.78, 5) is 24.2. The van der Waals surface area contributed by atoms with Gasteiger partial charge in [0.2, 0.25) is 0 Å². The minimum absolute atomic E-state index is 0.218. The summed E-state index contributed by atoms with van der Waals surface area (Å²) in [5.74, 6) is 0.580. The molecule has 0 atom stereocenters. The molecule has 1 heterocycles. The van der Waals surface area contributed by atoms with Gasteiger partial charge in [-0.05, 0) is 37.5 Å². The molecule has 0 radical (unpaired) electrons. The van der Waals surface area contributed by atoms with Crippen LogP contribution in [0.4, 0.5) is 0 Å². The van der Waals surface area contributed by atoms with Crippen LogP contribution in [0.3, 0.4) is 0 Å². The first-order chi connectivity index (χ1) is 12.6. The van der Waals surface area contributed by atoms with E-state index < -0.39 is 0 Å². The number of rotatable bonds is 6. The van der Waals surface area contributed by atoms with Crippen molar-refractivity contribution in [3.05, 3.63) is 69.6 Å². The monoisotopic (exact) mass is 351 g/mol. The van der Waals surface area contributed by atoms with Crippen molar-refractivity contribution in [3.8, 4) is 5.75 Å². The average Bonchev–Trinajstić information content (AvgIpc) is 2.64. The van der Waals surface area contributed by atoms with Crippen molar-refractivity contribution in [3.63, 3.8) is 0 Å². The van der Waals surface area contributed by atoms with Gasteiger partial charge in [-0.2, -0.15) is 5.10 Å². The highest BCUT2D eigenvalue weighted by Crippen LogP contribution is 2.22. The topological polar surface area (TPSA) is 84.1 Å². The van der Waals surface area contributed by atoms with Gasteiger partial charge < -0.3 is 10.1 Å². The third-order valence-electron chi connectivity index (χ3n) is 4.17.